The van der Waals surface area contributed by atoms with Crippen molar-refractivity contribution >= 4 is 17.4 Å². The predicted octanol–water partition coefficient (Wildman–Crippen LogP) is 0.763. The van der Waals surface area contributed by atoms with E-state index in [1.165, 1.54) is 7.11 Å². The first kappa shape index (κ1) is 13.5. The smallest absolute Gasteiger partial charge is 0.238 e. The topological polar surface area (TPSA) is 94.5 Å². The number of aromatic nitrogens is 1. The number of amides is 1. The molecule has 0 radical (unpaired) electrons. The lowest BCUT2D eigenvalue weighted by Crippen LogP contribution is -2.46. The zero-order valence-corrected chi connectivity index (χ0v) is 11.3. The number of carbonyl (C=O) groups is 1. The first-order valence-electron chi connectivity index (χ1n) is 6.39. The highest BCUT2D eigenvalue weighted by atomic mass is 16.5. The first-order valence-corrected chi connectivity index (χ1v) is 6.39. The Balaban J connectivity index is 2.25. The summed E-state index contributed by atoms with van der Waals surface area (Å²) in [7, 11) is 1.54. The van der Waals surface area contributed by atoms with Crippen LogP contribution in [0.3, 0.4) is 0 Å². The van der Waals surface area contributed by atoms with E-state index in [1.807, 2.05) is 6.07 Å². The quantitative estimate of drug-likeness (QED) is 0.840. The van der Waals surface area contributed by atoms with Gasteiger partial charge in [-0.3, -0.25) is 4.79 Å². The molecule has 0 saturated carbocycles. The summed E-state index contributed by atoms with van der Waals surface area (Å²) in [6.45, 7) is 2.71. The molecule has 19 heavy (non-hydrogen) atoms. The lowest BCUT2D eigenvalue weighted by Gasteiger charge is -2.37. The third-order valence-corrected chi connectivity index (χ3v) is 3.65. The molecule has 0 bridgehead atoms. The maximum atomic E-state index is 11.3. The van der Waals surface area contributed by atoms with Crippen LogP contribution in [-0.2, 0) is 4.79 Å². The van der Waals surface area contributed by atoms with Crippen LogP contribution >= 0.6 is 0 Å². The Labute approximate surface area is 112 Å². The molecule has 4 N–H and O–H groups in total. The van der Waals surface area contributed by atoms with Gasteiger partial charge in [0.1, 0.15) is 5.82 Å². The van der Waals surface area contributed by atoms with Crippen LogP contribution in [0.4, 0.5) is 11.5 Å². The maximum absolute atomic E-state index is 11.3. The molecule has 6 heteroatoms. The molecule has 6 nitrogen and oxygen atoms in total. The number of nitrogens with zero attached hydrogens (tertiary/aromatic N) is 2. The molecule has 2 unspecified atom stereocenters. The van der Waals surface area contributed by atoms with Gasteiger partial charge in [-0.05, 0) is 31.9 Å². The number of anilines is 2. The molecule has 0 aromatic carbocycles. The molecular weight excluding hydrogens is 244 g/mol. The SMILES string of the molecule is COc1nc(N2CC(C(N)=O)CCC2C)ccc1N. The first-order chi connectivity index (χ1) is 9.02. The molecule has 2 heterocycles. The molecule has 1 fully saturated rings. The van der Waals surface area contributed by atoms with E-state index in [2.05, 4.69) is 16.8 Å². The number of primary amides is 1. The van der Waals surface area contributed by atoms with Crippen LogP contribution < -0.4 is 21.1 Å². The molecule has 2 rings (SSSR count). The van der Waals surface area contributed by atoms with Crippen LogP contribution in [0.5, 0.6) is 5.88 Å². The second-order valence-corrected chi connectivity index (χ2v) is 4.95. The highest BCUT2D eigenvalue weighted by molar-refractivity contribution is 5.77. The molecular formula is C13H20N4O2. The standard InChI is InChI=1S/C13H20N4O2/c1-8-3-4-9(12(15)18)7-17(8)11-6-5-10(14)13(16-11)19-2/h5-6,8-9H,3-4,7,14H2,1-2H3,(H2,15,18). The van der Waals surface area contributed by atoms with Gasteiger partial charge in [0, 0.05) is 12.6 Å². The Bertz CT molecular complexity index is 478. The fraction of sp³-hybridized carbons (Fsp3) is 0.538. The summed E-state index contributed by atoms with van der Waals surface area (Å²) >= 11 is 0. The van der Waals surface area contributed by atoms with E-state index >= 15 is 0 Å². The van der Waals surface area contributed by atoms with Crippen molar-refractivity contribution in [1.82, 2.24) is 4.98 Å². The molecule has 0 spiro atoms. The van der Waals surface area contributed by atoms with Crippen molar-refractivity contribution in [3.63, 3.8) is 0 Å². The summed E-state index contributed by atoms with van der Waals surface area (Å²) in [6.07, 6.45) is 1.75. The Hall–Kier alpha value is -1.98. The number of pyridine rings is 1. The number of ether oxygens (including phenoxy) is 1. The summed E-state index contributed by atoms with van der Waals surface area (Å²) in [6, 6.07) is 3.93. The van der Waals surface area contributed by atoms with E-state index in [0.717, 1.165) is 18.7 Å². The summed E-state index contributed by atoms with van der Waals surface area (Å²) < 4.78 is 5.13. The number of methoxy groups -OCH3 is 1. The Morgan fingerprint density at radius 2 is 2.21 bits per heavy atom. The van der Waals surface area contributed by atoms with E-state index in [9.17, 15) is 4.79 Å². The van der Waals surface area contributed by atoms with Crippen molar-refractivity contribution < 1.29 is 9.53 Å². The van der Waals surface area contributed by atoms with Crippen LogP contribution in [0.1, 0.15) is 19.8 Å². The second kappa shape index (κ2) is 5.34. The number of rotatable bonds is 3. The van der Waals surface area contributed by atoms with Crippen LogP contribution in [0.15, 0.2) is 12.1 Å². The highest BCUT2D eigenvalue weighted by Gasteiger charge is 2.29. The van der Waals surface area contributed by atoms with Crippen LogP contribution in [-0.4, -0.2) is 30.6 Å². The van der Waals surface area contributed by atoms with Crippen molar-refractivity contribution in [2.24, 2.45) is 11.7 Å². The summed E-state index contributed by atoms with van der Waals surface area (Å²) in [5.74, 6) is 0.802. The van der Waals surface area contributed by atoms with Crippen molar-refractivity contribution in [3.05, 3.63) is 12.1 Å². The average Bonchev–Trinajstić information content (AvgIpc) is 2.40. The number of nitrogen functional groups attached to an aromatic ring is 1. The van der Waals surface area contributed by atoms with Gasteiger partial charge in [-0.15, -0.1) is 0 Å². The number of hydrogen-bond donors (Lipinski definition) is 2. The Kier molecular flexibility index (Phi) is 3.78. The third-order valence-electron chi connectivity index (χ3n) is 3.65. The molecule has 1 aliphatic heterocycles. The van der Waals surface area contributed by atoms with Gasteiger partial charge in [-0.1, -0.05) is 0 Å². The van der Waals surface area contributed by atoms with Crippen LogP contribution in [0.25, 0.3) is 0 Å². The third kappa shape index (κ3) is 2.72. The van der Waals surface area contributed by atoms with E-state index < -0.39 is 0 Å². The van der Waals surface area contributed by atoms with Gasteiger partial charge < -0.3 is 21.1 Å². The van der Waals surface area contributed by atoms with Gasteiger partial charge in [-0.2, -0.15) is 4.98 Å². The normalized spacial score (nSPS) is 23.2. The van der Waals surface area contributed by atoms with Crippen LogP contribution in [0, 0.1) is 5.92 Å². The van der Waals surface area contributed by atoms with E-state index in [1.54, 1.807) is 6.07 Å². The number of nitrogens with two attached hydrogens (primary N) is 2. The minimum absolute atomic E-state index is 0.124. The van der Waals surface area contributed by atoms with Crippen molar-refractivity contribution in [2.45, 2.75) is 25.8 Å². The minimum Gasteiger partial charge on any atom is -0.479 e. The lowest BCUT2D eigenvalue weighted by molar-refractivity contribution is -0.122. The van der Waals surface area contributed by atoms with Gasteiger partial charge in [0.05, 0.1) is 18.7 Å². The number of hydrogen-bond acceptors (Lipinski definition) is 5. The van der Waals surface area contributed by atoms with Gasteiger partial charge in [-0.25, -0.2) is 0 Å². The Morgan fingerprint density at radius 1 is 1.47 bits per heavy atom. The van der Waals surface area contributed by atoms with Crippen molar-refractivity contribution in [2.75, 3.05) is 24.3 Å². The highest BCUT2D eigenvalue weighted by Crippen LogP contribution is 2.29. The lowest BCUT2D eigenvalue weighted by atomic mass is 9.93. The molecule has 104 valence electrons. The fourth-order valence-electron chi connectivity index (χ4n) is 2.42. The second-order valence-electron chi connectivity index (χ2n) is 4.95. The van der Waals surface area contributed by atoms with E-state index in [0.29, 0.717) is 24.2 Å². The molecule has 1 amide bonds. The largest absolute Gasteiger partial charge is 0.479 e. The summed E-state index contributed by atoms with van der Waals surface area (Å²) in [5.41, 5.74) is 11.7. The van der Waals surface area contributed by atoms with Gasteiger partial charge in [0.25, 0.3) is 0 Å². The molecule has 1 aromatic rings. The predicted molar refractivity (Wildman–Crippen MR) is 73.9 cm³/mol. The molecule has 0 aliphatic carbocycles. The van der Waals surface area contributed by atoms with Gasteiger partial charge in [0.15, 0.2) is 0 Å². The fourth-order valence-corrected chi connectivity index (χ4v) is 2.42. The van der Waals surface area contributed by atoms with Gasteiger partial charge in [0.2, 0.25) is 11.8 Å². The monoisotopic (exact) mass is 264 g/mol. The Morgan fingerprint density at radius 3 is 2.84 bits per heavy atom. The average molecular weight is 264 g/mol. The van der Waals surface area contributed by atoms with Gasteiger partial charge >= 0.3 is 0 Å². The molecule has 1 aliphatic rings. The van der Waals surface area contributed by atoms with Crippen LogP contribution in [0.2, 0.25) is 0 Å². The zero-order valence-electron chi connectivity index (χ0n) is 11.3. The maximum Gasteiger partial charge on any atom is 0.238 e. The molecule has 1 saturated heterocycles. The summed E-state index contributed by atoms with van der Waals surface area (Å²) in [4.78, 5) is 17.8. The molecule has 1 aromatic heterocycles. The summed E-state index contributed by atoms with van der Waals surface area (Å²) in [5, 5.41) is 0. The van der Waals surface area contributed by atoms with Crippen molar-refractivity contribution in [3.8, 4) is 5.88 Å². The zero-order chi connectivity index (χ0) is 14.0. The molecule has 2 atom stereocenters. The number of piperidine rings is 1. The van der Waals surface area contributed by atoms with Crippen molar-refractivity contribution in [1.29, 1.82) is 0 Å². The minimum atomic E-state index is -0.251. The van der Waals surface area contributed by atoms with E-state index in [4.69, 9.17) is 16.2 Å². The number of carbonyl (C=O) groups excluding carboxylic acids is 1. The van der Waals surface area contributed by atoms with E-state index in [-0.39, 0.29) is 11.8 Å².